The lowest BCUT2D eigenvalue weighted by Gasteiger charge is -2.08. The summed E-state index contributed by atoms with van der Waals surface area (Å²) in [5.41, 5.74) is 0.973. The second kappa shape index (κ2) is 6.87. The number of halogens is 4. The molecule has 2 heterocycles. The lowest BCUT2D eigenvalue weighted by Crippen LogP contribution is -2.05. The zero-order chi connectivity index (χ0) is 19.7. The van der Waals surface area contributed by atoms with Gasteiger partial charge >= 0.3 is 12.1 Å². The van der Waals surface area contributed by atoms with Crippen LogP contribution in [0.4, 0.5) is 17.6 Å². The van der Waals surface area contributed by atoms with Crippen LogP contribution in [0.3, 0.4) is 0 Å². The minimum atomic E-state index is -4.79. The molecule has 4 rings (SSSR count). The Labute approximate surface area is 154 Å². The second-order valence-electron chi connectivity index (χ2n) is 5.77. The quantitative estimate of drug-likeness (QED) is 0.481. The highest BCUT2D eigenvalue weighted by atomic mass is 19.4. The monoisotopic (exact) mass is 390 g/mol. The minimum absolute atomic E-state index is 0.0494. The predicted molar refractivity (Wildman–Crippen MR) is 88.6 cm³/mol. The lowest BCUT2D eigenvalue weighted by atomic mass is 10.1. The van der Waals surface area contributed by atoms with Crippen molar-refractivity contribution in [3.8, 4) is 17.1 Å². The molecule has 0 aliphatic heterocycles. The van der Waals surface area contributed by atoms with E-state index in [0.29, 0.717) is 16.8 Å². The molecule has 6 nitrogen and oxygen atoms in total. The second-order valence-corrected chi connectivity index (χ2v) is 5.77. The molecule has 0 spiro atoms. The summed E-state index contributed by atoms with van der Waals surface area (Å²) >= 11 is 0. The van der Waals surface area contributed by atoms with Gasteiger partial charge in [-0.25, -0.2) is 14.4 Å². The first-order valence-electron chi connectivity index (χ1n) is 7.92. The van der Waals surface area contributed by atoms with Crippen molar-refractivity contribution in [2.45, 2.75) is 12.8 Å². The number of nitrogens with zero attached hydrogens (tertiary/aromatic N) is 4. The van der Waals surface area contributed by atoms with Crippen molar-refractivity contribution in [1.82, 2.24) is 20.1 Å². The van der Waals surface area contributed by atoms with Crippen molar-refractivity contribution >= 4 is 10.9 Å². The van der Waals surface area contributed by atoms with Crippen LogP contribution in [-0.4, -0.2) is 20.1 Å². The summed E-state index contributed by atoms with van der Waals surface area (Å²) in [6.45, 7) is 0.0494. The molecule has 0 aliphatic rings. The molecule has 0 aliphatic carbocycles. The zero-order valence-electron chi connectivity index (χ0n) is 13.9. The van der Waals surface area contributed by atoms with Crippen LogP contribution in [0.15, 0.2) is 53.4 Å². The Balaban J connectivity index is 1.50. The van der Waals surface area contributed by atoms with E-state index in [1.54, 1.807) is 24.4 Å². The highest BCUT2D eigenvalue weighted by molar-refractivity contribution is 5.78. The zero-order valence-corrected chi connectivity index (χ0v) is 13.9. The molecule has 0 saturated carbocycles. The Bertz CT molecular complexity index is 1140. The van der Waals surface area contributed by atoms with Crippen LogP contribution in [0.2, 0.25) is 0 Å². The van der Waals surface area contributed by atoms with Gasteiger partial charge < -0.3 is 9.26 Å². The van der Waals surface area contributed by atoms with Gasteiger partial charge in [0.25, 0.3) is 0 Å². The lowest BCUT2D eigenvalue weighted by molar-refractivity contribution is -0.159. The van der Waals surface area contributed by atoms with Crippen LogP contribution in [0.25, 0.3) is 22.3 Å². The maximum atomic E-state index is 14.3. The number of alkyl halides is 3. The van der Waals surface area contributed by atoms with Gasteiger partial charge in [-0.15, -0.1) is 0 Å². The number of benzene rings is 2. The van der Waals surface area contributed by atoms with Crippen molar-refractivity contribution in [3.63, 3.8) is 0 Å². The van der Waals surface area contributed by atoms with E-state index in [0.717, 1.165) is 11.5 Å². The predicted octanol–water partition coefficient (Wildman–Crippen LogP) is 4.42. The van der Waals surface area contributed by atoms with Crippen molar-refractivity contribution < 1.29 is 26.8 Å². The summed E-state index contributed by atoms with van der Waals surface area (Å²) in [7, 11) is 0. The number of ether oxygens (including phenoxy) is 1. The van der Waals surface area contributed by atoms with Crippen LogP contribution in [-0.2, 0) is 12.8 Å². The standard InChI is InChI=1S/C18H10F4N4O2/c19-14-5-10(1-4-13(14)16-25-17(28-26-16)18(20,21)22)8-27-12-3-2-11-7-23-9-24-15(11)6-12/h1-7,9H,8H2. The molecule has 0 N–H and O–H groups in total. The van der Waals surface area contributed by atoms with Crippen LogP contribution >= 0.6 is 0 Å². The number of hydrogen-bond acceptors (Lipinski definition) is 6. The van der Waals surface area contributed by atoms with Gasteiger partial charge in [-0.05, 0) is 29.8 Å². The number of aromatic nitrogens is 4. The Hall–Kier alpha value is -3.56. The van der Waals surface area contributed by atoms with E-state index >= 15 is 0 Å². The Morgan fingerprint density at radius 3 is 2.68 bits per heavy atom. The summed E-state index contributed by atoms with van der Waals surface area (Å²) < 4.78 is 61.6. The van der Waals surface area contributed by atoms with Crippen molar-refractivity contribution in [2.75, 3.05) is 0 Å². The first-order valence-corrected chi connectivity index (χ1v) is 7.92. The summed E-state index contributed by atoms with van der Waals surface area (Å²) in [5, 5.41) is 4.03. The van der Waals surface area contributed by atoms with Gasteiger partial charge in [0.2, 0.25) is 5.82 Å². The van der Waals surface area contributed by atoms with Crippen molar-refractivity contribution in [3.05, 3.63) is 66.2 Å². The summed E-state index contributed by atoms with van der Waals surface area (Å²) in [6, 6.07) is 9.16. The van der Waals surface area contributed by atoms with E-state index in [-0.39, 0.29) is 12.2 Å². The normalized spacial score (nSPS) is 11.7. The number of fused-ring (bicyclic) bond motifs is 1. The van der Waals surface area contributed by atoms with Gasteiger partial charge in [0.05, 0.1) is 11.1 Å². The van der Waals surface area contributed by atoms with Crippen molar-refractivity contribution in [1.29, 1.82) is 0 Å². The molecule has 10 heteroatoms. The maximum absolute atomic E-state index is 14.3. The molecular formula is C18H10F4N4O2. The van der Waals surface area contributed by atoms with E-state index in [2.05, 4.69) is 24.6 Å². The first-order chi connectivity index (χ1) is 13.4. The highest BCUT2D eigenvalue weighted by Crippen LogP contribution is 2.30. The number of hydrogen-bond donors (Lipinski definition) is 0. The summed E-state index contributed by atoms with van der Waals surface area (Å²) in [5.74, 6) is -2.27. The molecular weight excluding hydrogens is 380 g/mol. The third kappa shape index (κ3) is 3.61. The van der Waals surface area contributed by atoms with E-state index in [1.807, 2.05) is 0 Å². The number of rotatable bonds is 4. The molecule has 0 fully saturated rings. The van der Waals surface area contributed by atoms with Crippen LogP contribution < -0.4 is 4.74 Å². The molecule has 4 aromatic rings. The molecule has 0 saturated heterocycles. The van der Waals surface area contributed by atoms with E-state index in [1.165, 1.54) is 18.5 Å². The SMILES string of the molecule is Fc1cc(COc2ccc3cncnc3c2)ccc1-c1noc(C(F)(F)F)n1. The van der Waals surface area contributed by atoms with Gasteiger partial charge in [0, 0.05) is 17.6 Å². The fourth-order valence-electron chi connectivity index (χ4n) is 2.49. The van der Waals surface area contributed by atoms with E-state index in [4.69, 9.17) is 4.74 Å². The highest BCUT2D eigenvalue weighted by Gasteiger charge is 2.38. The molecule has 0 amide bonds. The third-order valence-corrected chi connectivity index (χ3v) is 3.83. The van der Waals surface area contributed by atoms with Gasteiger partial charge in [-0.3, -0.25) is 0 Å². The maximum Gasteiger partial charge on any atom is 0.471 e. The molecule has 2 aromatic carbocycles. The molecule has 0 bridgehead atoms. The van der Waals surface area contributed by atoms with Gasteiger partial charge in [-0.1, -0.05) is 11.2 Å². The van der Waals surface area contributed by atoms with Crippen LogP contribution in [0.5, 0.6) is 5.75 Å². The first kappa shape index (κ1) is 17.8. The largest absolute Gasteiger partial charge is 0.489 e. The Morgan fingerprint density at radius 1 is 1.07 bits per heavy atom. The van der Waals surface area contributed by atoms with E-state index < -0.39 is 23.7 Å². The Kier molecular flexibility index (Phi) is 4.38. The molecule has 0 atom stereocenters. The fraction of sp³-hybridized carbons (Fsp3) is 0.111. The van der Waals surface area contributed by atoms with Crippen LogP contribution in [0, 0.1) is 5.82 Å². The van der Waals surface area contributed by atoms with E-state index in [9.17, 15) is 17.6 Å². The Morgan fingerprint density at radius 2 is 1.93 bits per heavy atom. The van der Waals surface area contributed by atoms with Gasteiger partial charge in [0.15, 0.2) is 0 Å². The molecule has 142 valence electrons. The smallest absolute Gasteiger partial charge is 0.471 e. The summed E-state index contributed by atoms with van der Waals surface area (Å²) in [4.78, 5) is 11.2. The average Bonchev–Trinajstić information content (AvgIpc) is 3.16. The molecule has 28 heavy (non-hydrogen) atoms. The fourth-order valence-corrected chi connectivity index (χ4v) is 2.49. The van der Waals surface area contributed by atoms with Crippen molar-refractivity contribution in [2.24, 2.45) is 0 Å². The van der Waals surface area contributed by atoms with Gasteiger partial charge in [0.1, 0.15) is 24.5 Å². The third-order valence-electron chi connectivity index (χ3n) is 3.83. The molecule has 0 unspecified atom stereocenters. The molecule has 2 aromatic heterocycles. The average molecular weight is 390 g/mol. The topological polar surface area (TPSA) is 73.9 Å². The summed E-state index contributed by atoms with van der Waals surface area (Å²) in [6.07, 6.45) is -1.70. The minimum Gasteiger partial charge on any atom is -0.489 e. The van der Waals surface area contributed by atoms with Gasteiger partial charge in [-0.2, -0.15) is 18.2 Å². The van der Waals surface area contributed by atoms with Crippen LogP contribution in [0.1, 0.15) is 11.5 Å². The molecule has 0 radical (unpaired) electrons.